The van der Waals surface area contributed by atoms with Crippen molar-refractivity contribution in [2.24, 2.45) is 0 Å². The third-order valence-electron chi connectivity index (χ3n) is 1.27. The lowest BCUT2D eigenvalue weighted by Gasteiger charge is -1.79. The zero-order chi connectivity index (χ0) is 6.15. The summed E-state index contributed by atoms with van der Waals surface area (Å²) in [5.41, 5.74) is 2.58. The van der Waals surface area contributed by atoms with Crippen LogP contribution in [0, 0.1) is 13.8 Å². The van der Waals surface area contributed by atoms with Gasteiger partial charge in [-0.1, -0.05) is 12.8 Å². The highest BCUT2D eigenvalue weighted by molar-refractivity contribution is 7.78. The Balaban J connectivity index is 3.14. The molecule has 0 amide bonds. The molecule has 1 rings (SSSR count). The van der Waals surface area contributed by atoms with Crippen LogP contribution in [0.25, 0.3) is 0 Å². The van der Waals surface area contributed by atoms with E-state index in [9.17, 15) is 0 Å². The minimum atomic E-state index is 1.29. The van der Waals surface area contributed by atoms with Gasteiger partial charge in [-0.05, 0) is 25.0 Å². The maximum absolute atomic E-state index is 4.09. The fourth-order valence-electron chi connectivity index (χ4n) is 0.638. The number of nitrogens with zero attached hydrogens (tertiary/aromatic N) is 1. The summed E-state index contributed by atoms with van der Waals surface area (Å²) in [4.78, 5) is 0. The second-order valence-corrected chi connectivity index (χ2v) is 2.47. The molecule has 0 radical (unpaired) electrons. The zero-order valence-electron chi connectivity index (χ0n) is 5.05. The molecule has 0 unspecified atom stereocenters. The summed E-state index contributed by atoms with van der Waals surface area (Å²) in [7, 11) is 0. The average Bonchev–Trinajstić information content (AvgIpc) is 1.85. The molecule has 1 heterocycles. The molecular formula is C6H9NS. The zero-order valence-corrected chi connectivity index (χ0v) is 5.94. The normalized spacial score (nSPS) is 9.88. The minimum Gasteiger partial charge on any atom is -0.301 e. The molecule has 0 atom stereocenters. The summed E-state index contributed by atoms with van der Waals surface area (Å²) < 4.78 is 1.77. The predicted molar refractivity (Wildman–Crippen MR) is 38.3 cm³/mol. The second-order valence-electron chi connectivity index (χ2n) is 2.00. The van der Waals surface area contributed by atoms with E-state index in [1.807, 2.05) is 12.4 Å². The van der Waals surface area contributed by atoms with Crippen LogP contribution in [-0.2, 0) is 0 Å². The Kier molecular flexibility index (Phi) is 1.34. The SMILES string of the molecule is Cc1cn(S)cc1C. The van der Waals surface area contributed by atoms with Crippen LogP contribution in [0.4, 0.5) is 0 Å². The van der Waals surface area contributed by atoms with Crippen LogP contribution in [0.3, 0.4) is 0 Å². The van der Waals surface area contributed by atoms with Gasteiger partial charge in [0.15, 0.2) is 0 Å². The maximum atomic E-state index is 4.09. The Morgan fingerprint density at radius 2 is 1.62 bits per heavy atom. The van der Waals surface area contributed by atoms with Crippen molar-refractivity contribution in [2.45, 2.75) is 13.8 Å². The number of rotatable bonds is 0. The van der Waals surface area contributed by atoms with Crippen LogP contribution in [0.15, 0.2) is 12.4 Å². The molecular weight excluding hydrogens is 118 g/mol. The van der Waals surface area contributed by atoms with Gasteiger partial charge in [0.25, 0.3) is 0 Å². The Morgan fingerprint density at radius 1 is 1.25 bits per heavy atom. The maximum Gasteiger partial charge on any atom is 0.0186 e. The van der Waals surface area contributed by atoms with Crippen molar-refractivity contribution in [1.29, 1.82) is 0 Å². The first-order valence-electron chi connectivity index (χ1n) is 2.54. The molecule has 0 saturated carbocycles. The Morgan fingerprint density at radius 3 is 1.75 bits per heavy atom. The predicted octanol–water partition coefficient (Wildman–Crippen LogP) is 1.80. The average molecular weight is 127 g/mol. The van der Waals surface area contributed by atoms with Gasteiger partial charge in [-0.15, -0.1) is 0 Å². The van der Waals surface area contributed by atoms with Gasteiger partial charge in [-0.2, -0.15) is 0 Å². The molecule has 1 nitrogen and oxygen atoms in total. The Hall–Kier alpha value is -0.370. The Labute approximate surface area is 54.9 Å². The highest BCUT2D eigenvalue weighted by Crippen LogP contribution is 2.06. The molecule has 1 aromatic rings. The first-order valence-corrected chi connectivity index (χ1v) is 2.94. The number of hydrogen-bond donors (Lipinski definition) is 1. The summed E-state index contributed by atoms with van der Waals surface area (Å²) in [6.45, 7) is 4.14. The third kappa shape index (κ3) is 0.892. The molecule has 8 heavy (non-hydrogen) atoms. The lowest BCUT2D eigenvalue weighted by atomic mass is 10.2. The van der Waals surface area contributed by atoms with E-state index in [-0.39, 0.29) is 0 Å². The molecule has 2 heteroatoms. The standard InChI is InChI=1S/C6H9NS/c1-5-3-7(8)4-6(5)2/h3-4,8H,1-2H3. The van der Waals surface area contributed by atoms with Crippen molar-refractivity contribution in [2.75, 3.05) is 0 Å². The van der Waals surface area contributed by atoms with E-state index < -0.39 is 0 Å². The number of thiol groups is 1. The van der Waals surface area contributed by atoms with E-state index in [2.05, 4.69) is 26.7 Å². The van der Waals surface area contributed by atoms with Gasteiger partial charge in [-0.3, -0.25) is 0 Å². The van der Waals surface area contributed by atoms with Crippen molar-refractivity contribution in [3.05, 3.63) is 23.5 Å². The largest absolute Gasteiger partial charge is 0.301 e. The summed E-state index contributed by atoms with van der Waals surface area (Å²) >= 11 is 4.09. The van der Waals surface area contributed by atoms with Gasteiger partial charge in [0.1, 0.15) is 0 Å². The van der Waals surface area contributed by atoms with Gasteiger partial charge >= 0.3 is 0 Å². The third-order valence-corrected chi connectivity index (χ3v) is 1.50. The van der Waals surface area contributed by atoms with Gasteiger partial charge in [-0.25, -0.2) is 0 Å². The van der Waals surface area contributed by atoms with E-state index in [0.717, 1.165) is 0 Å². The fourth-order valence-corrected chi connectivity index (χ4v) is 0.984. The molecule has 0 bridgehead atoms. The summed E-state index contributed by atoms with van der Waals surface area (Å²) in [5, 5.41) is 0. The molecule has 0 fully saturated rings. The first-order chi connectivity index (χ1) is 3.70. The van der Waals surface area contributed by atoms with Gasteiger partial charge < -0.3 is 3.97 Å². The fraction of sp³-hybridized carbons (Fsp3) is 0.333. The van der Waals surface area contributed by atoms with Crippen LogP contribution in [0.1, 0.15) is 11.1 Å². The summed E-state index contributed by atoms with van der Waals surface area (Å²) in [6.07, 6.45) is 3.97. The molecule has 0 aliphatic carbocycles. The van der Waals surface area contributed by atoms with E-state index >= 15 is 0 Å². The highest BCUT2D eigenvalue weighted by atomic mass is 32.1. The van der Waals surface area contributed by atoms with Crippen molar-refractivity contribution in [3.8, 4) is 0 Å². The van der Waals surface area contributed by atoms with E-state index in [4.69, 9.17) is 0 Å². The van der Waals surface area contributed by atoms with Crippen LogP contribution in [0.5, 0.6) is 0 Å². The highest BCUT2D eigenvalue weighted by Gasteiger charge is 1.91. The van der Waals surface area contributed by atoms with Gasteiger partial charge in [0.2, 0.25) is 0 Å². The number of hydrogen-bond acceptors (Lipinski definition) is 1. The molecule has 44 valence electrons. The smallest absolute Gasteiger partial charge is 0.0186 e. The van der Waals surface area contributed by atoms with Gasteiger partial charge in [0, 0.05) is 12.4 Å². The second kappa shape index (κ2) is 1.86. The first kappa shape index (κ1) is 5.76. The number of aryl methyl sites for hydroxylation is 2. The van der Waals surface area contributed by atoms with Crippen molar-refractivity contribution in [1.82, 2.24) is 3.97 Å². The van der Waals surface area contributed by atoms with E-state index in [1.54, 1.807) is 3.97 Å². The van der Waals surface area contributed by atoms with E-state index in [0.29, 0.717) is 0 Å². The monoisotopic (exact) mass is 127 g/mol. The molecule has 0 aromatic carbocycles. The molecule has 0 saturated heterocycles. The molecule has 0 spiro atoms. The Bertz CT molecular complexity index is 171. The summed E-state index contributed by atoms with van der Waals surface area (Å²) in [5.74, 6) is 0. The van der Waals surface area contributed by atoms with Crippen LogP contribution in [0.2, 0.25) is 0 Å². The minimum absolute atomic E-state index is 1.29. The lowest BCUT2D eigenvalue weighted by molar-refractivity contribution is 1.29. The van der Waals surface area contributed by atoms with Crippen molar-refractivity contribution >= 4 is 12.8 Å². The molecule has 1 aromatic heterocycles. The van der Waals surface area contributed by atoms with Crippen LogP contribution >= 0.6 is 12.8 Å². The van der Waals surface area contributed by atoms with Crippen LogP contribution < -0.4 is 0 Å². The van der Waals surface area contributed by atoms with Crippen molar-refractivity contribution < 1.29 is 0 Å². The quantitative estimate of drug-likeness (QED) is 0.507. The molecule has 0 aliphatic heterocycles. The molecule has 0 aliphatic rings. The van der Waals surface area contributed by atoms with Crippen LogP contribution in [-0.4, -0.2) is 3.97 Å². The van der Waals surface area contributed by atoms with Gasteiger partial charge in [0.05, 0.1) is 0 Å². The number of aromatic nitrogens is 1. The topological polar surface area (TPSA) is 4.93 Å². The van der Waals surface area contributed by atoms with E-state index in [1.165, 1.54) is 11.1 Å². The summed E-state index contributed by atoms with van der Waals surface area (Å²) in [6, 6.07) is 0. The molecule has 0 N–H and O–H groups in total. The lowest BCUT2D eigenvalue weighted by Crippen LogP contribution is -1.65. The van der Waals surface area contributed by atoms with Crippen molar-refractivity contribution in [3.63, 3.8) is 0 Å².